The van der Waals surface area contributed by atoms with Gasteiger partial charge in [0.2, 0.25) is 0 Å². The van der Waals surface area contributed by atoms with Crippen LogP contribution < -0.4 is 5.32 Å². The van der Waals surface area contributed by atoms with E-state index in [1.54, 1.807) is 6.20 Å². The van der Waals surface area contributed by atoms with Crippen LogP contribution in [0.5, 0.6) is 0 Å². The van der Waals surface area contributed by atoms with Gasteiger partial charge in [-0.25, -0.2) is 9.07 Å². The van der Waals surface area contributed by atoms with E-state index in [1.807, 2.05) is 13.8 Å². The highest BCUT2D eigenvalue weighted by atomic mass is 35.5. The molecule has 0 bridgehead atoms. The first kappa shape index (κ1) is 13.0. The van der Waals surface area contributed by atoms with Gasteiger partial charge in [-0.05, 0) is 18.2 Å². The van der Waals surface area contributed by atoms with Crippen molar-refractivity contribution in [3.05, 3.63) is 40.9 Å². The molecule has 0 radical (unpaired) electrons. The highest BCUT2D eigenvalue weighted by Gasteiger charge is 2.08. The molecule has 0 aliphatic heterocycles. The van der Waals surface area contributed by atoms with Gasteiger partial charge >= 0.3 is 0 Å². The van der Waals surface area contributed by atoms with Gasteiger partial charge in [-0.15, -0.1) is 5.10 Å². The van der Waals surface area contributed by atoms with Crippen molar-refractivity contribution in [2.45, 2.75) is 26.4 Å². The van der Waals surface area contributed by atoms with Crippen LogP contribution in [0.25, 0.3) is 5.69 Å². The number of hydrogen-bond donors (Lipinski definition) is 1. The maximum Gasteiger partial charge on any atom is 0.149 e. The molecule has 6 heteroatoms. The van der Waals surface area contributed by atoms with Gasteiger partial charge in [0, 0.05) is 17.6 Å². The van der Waals surface area contributed by atoms with Crippen LogP contribution in [0.2, 0.25) is 5.02 Å². The molecule has 0 spiro atoms. The molecule has 2 rings (SSSR count). The van der Waals surface area contributed by atoms with Crippen LogP contribution in [0.15, 0.2) is 24.4 Å². The second-order valence-electron chi connectivity index (χ2n) is 4.29. The Morgan fingerprint density at radius 3 is 2.94 bits per heavy atom. The number of benzene rings is 1. The Morgan fingerprint density at radius 1 is 1.44 bits per heavy atom. The molecule has 1 aromatic carbocycles. The summed E-state index contributed by atoms with van der Waals surface area (Å²) in [6.45, 7) is 4.68. The van der Waals surface area contributed by atoms with Crippen molar-refractivity contribution in [2.24, 2.45) is 0 Å². The van der Waals surface area contributed by atoms with Gasteiger partial charge in [0.25, 0.3) is 0 Å². The van der Waals surface area contributed by atoms with Gasteiger partial charge in [0.1, 0.15) is 11.5 Å². The van der Waals surface area contributed by atoms with Crippen molar-refractivity contribution >= 4 is 11.6 Å². The molecule has 4 nitrogen and oxygen atoms in total. The van der Waals surface area contributed by atoms with Gasteiger partial charge in [0.15, 0.2) is 0 Å². The molecular weight excluding hydrogens is 255 g/mol. The average Bonchev–Trinajstić information content (AvgIpc) is 2.78. The Bertz CT molecular complexity index is 539. The number of hydrogen-bond acceptors (Lipinski definition) is 3. The van der Waals surface area contributed by atoms with Crippen molar-refractivity contribution in [2.75, 3.05) is 0 Å². The van der Waals surface area contributed by atoms with E-state index in [-0.39, 0.29) is 5.82 Å². The minimum absolute atomic E-state index is 0.297. The predicted molar refractivity (Wildman–Crippen MR) is 68.3 cm³/mol. The minimum Gasteiger partial charge on any atom is -0.309 e. The highest BCUT2D eigenvalue weighted by molar-refractivity contribution is 6.30. The molecule has 0 aliphatic carbocycles. The van der Waals surface area contributed by atoms with Crippen LogP contribution in [-0.4, -0.2) is 21.0 Å². The number of aromatic nitrogens is 3. The topological polar surface area (TPSA) is 42.7 Å². The highest BCUT2D eigenvalue weighted by Crippen LogP contribution is 2.18. The molecule has 0 aliphatic rings. The van der Waals surface area contributed by atoms with E-state index in [2.05, 4.69) is 15.6 Å². The quantitative estimate of drug-likeness (QED) is 0.927. The van der Waals surface area contributed by atoms with Gasteiger partial charge in [0.05, 0.1) is 11.9 Å². The third kappa shape index (κ3) is 3.05. The minimum atomic E-state index is -0.382. The fourth-order valence-corrected chi connectivity index (χ4v) is 1.63. The van der Waals surface area contributed by atoms with E-state index < -0.39 is 0 Å². The summed E-state index contributed by atoms with van der Waals surface area (Å²) in [6.07, 6.45) is 1.68. The van der Waals surface area contributed by atoms with Crippen LogP contribution in [0.4, 0.5) is 4.39 Å². The van der Waals surface area contributed by atoms with E-state index >= 15 is 0 Å². The van der Waals surface area contributed by atoms with E-state index in [0.29, 0.717) is 23.3 Å². The molecule has 0 saturated carbocycles. The monoisotopic (exact) mass is 268 g/mol. The standard InChI is InChI=1S/C12H14ClFN4/c1-8(2)15-6-10-7-18(17-16-10)12-5-9(13)3-4-11(12)14/h3-5,7-8,15H,6H2,1-2H3. The van der Waals surface area contributed by atoms with Crippen LogP contribution in [0.3, 0.4) is 0 Å². The fraction of sp³-hybridized carbons (Fsp3) is 0.333. The van der Waals surface area contributed by atoms with Crippen LogP contribution in [0, 0.1) is 5.82 Å². The Hall–Kier alpha value is -1.46. The Morgan fingerprint density at radius 2 is 2.22 bits per heavy atom. The lowest BCUT2D eigenvalue weighted by Gasteiger charge is -2.04. The van der Waals surface area contributed by atoms with E-state index in [4.69, 9.17) is 11.6 Å². The predicted octanol–water partition coefficient (Wildman–Crippen LogP) is 2.56. The number of nitrogens with zero attached hydrogens (tertiary/aromatic N) is 3. The largest absolute Gasteiger partial charge is 0.309 e. The SMILES string of the molecule is CC(C)NCc1cn(-c2cc(Cl)ccc2F)nn1. The van der Waals surface area contributed by atoms with Crippen molar-refractivity contribution < 1.29 is 4.39 Å². The van der Waals surface area contributed by atoms with Crippen LogP contribution in [0.1, 0.15) is 19.5 Å². The summed E-state index contributed by atoms with van der Waals surface area (Å²) in [5, 5.41) is 11.5. The number of halogens is 2. The first-order valence-electron chi connectivity index (χ1n) is 5.66. The van der Waals surface area contributed by atoms with Gasteiger partial charge in [-0.3, -0.25) is 0 Å². The zero-order chi connectivity index (χ0) is 13.1. The molecule has 0 amide bonds. The van der Waals surface area contributed by atoms with Crippen LogP contribution in [-0.2, 0) is 6.54 Å². The van der Waals surface area contributed by atoms with E-state index in [9.17, 15) is 4.39 Å². The summed E-state index contributed by atoms with van der Waals surface area (Å²) in [5.74, 6) is -0.382. The first-order valence-corrected chi connectivity index (χ1v) is 6.04. The normalized spacial score (nSPS) is 11.2. The molecule has 0 fully saturated rings. The molecule has 18 heavy (non-hydrogen) atoms. The van der Waals surface area contributed by atoms with E-state index in [0.717, 1.165) is 5.69 Å². The zero-order valence-corrected chi connectivity index (χ0v) is 10.9. The zero-order valence-electron chi connectivity index (χ0n) is 10.2. The average molecular weight is 269 g/mol. The molecular formula is C12H14ClFN4. The maximum atomic E-state index is 13.6. The second kappa shape index (κ2) is 5.46. The number of rotatable bonds is 4. The summed E-state index contributed by atoms with van der Waals surface area (Å²) in [4.78, 5) is 0. The summed E-state index contributed by atoms with van der Waals surface area (Å²) < 4.78 is 15.0. The Labute approximate surface area is 110 Å². The van der Waals surface area contributed by atoms with Crippen molar-refractivity contribution in [1.29, 1.82) is 0 Å². The second-order valence-corrected chi connectivity index (χ2v) is 4.72. The lowest BCUT2D eigenvalue weighted by Crippen LogP contribution is -2.21. The third-order valence-corrected chi connectivity index (χ3v) is 2.62. The molecule has 1 aromatic heterocycles. The molecule has 96 valence electrons. The van der Waals surface area contributed by atoms with Gasteiger partial charge < -0.3 is 5.32 Å². The van der Waals surface area contributed by atoms with Crippen molar-refractivity contribution in [3.8, 4) is 5.69 Å². The fourth-order valence-electron chi connectivity index (χ4n) is 1.47. The van der Waals surface area contributed by atoms with Crippen molar-refractivity contribution in [3.63, 3.8) is 0 Å². The lowest BCUT2D eigenvalue weighted by molar-refractivity contribution is 0.580. The molecule has 0 saturated heterocycles. The molecule has 1 N–H and O–H groups in total. The van der Waals surface area contributed by atoms with E-state index in [1.165, 1.54) is 22.9 Å². The third-order valence-electron chi connectivity index (χ3n) is 2.39. The molecule has 0 unspecified atom stereocenters. The Kier molecular flexibility index (Phi) is 3.93. The molecule has 0 atom stereocenters. The summed E-state index contributed by atoms with van der Waals surface area (Å²) in [5.41, 5.74) is 1.05. The van der Waals surface area contributed by atoms with Crippen LogP contribution >= 0.6 is 11.6 Å². The molecule has 2 aromatic rings. The first-order chi connectivity index (χ1) is 8.56. The Balaban J connectivity index is 2.21. The summed E-state index contributed by atoms with van der Waals surface area (Å²) in [6, 6.07) is 4.69. The number of nitrogens with one attached hydrogen (secondary N) is 1. The summed E-state index contributed by atoms with van der Waals surface area (Å²) >= 11 is 5.84. The van der Waals surface area contributed by atoms with Gasteiger partial charge in [-0.2, -0.15) is 0 Å². The summed E-state index contributed by atoms with van der Waals surface area (Å²) in [7, 11) is 0. The van der Waals surface area contributed by atoms with Crippen molar-refractivity contribution in [1.82, 2.24) is 20.3 Å². The lowest BCUT2D eigenvalue weighted by atomic mass is 10.3. The van der Waals surface area contributed by atoms with Gasteiger partial charge in [-0.1, -0.05) is 30.7 Å². The smallest absolute Gasteiger partial charge is 0.149 e. The maximum absolute atomic E-state index is 13.6. The molecule has 1 heterocycles.